The first-order valence-corrected chi connectivity index (χ1v) is 11.4. The highest BCUT2D eigenvalue weighted by atomic mass is 16.1. The molecule has 0 spiro atoms. The van der Waals surface area contributed by atoms with Crippen LogP contribution in [-0.4, -0.2) is 19.3 Å². The highest BCUT2D eigenvalue weighted by Crippen LogP contribution is 2.27. The number of fused-ring (bicyclic) bond motifs is 2. The number of nitrogens with zero attached hydrogens (tertiary/aromatic N) is 4. The van der Waals surface area contributed by atoms with Crippen LogP contribution in [-0.2, 0) is 18.5 Å². The Kier molecular flexibility index (Phi) is 5.09. The third-order valence-corrected chi connectivity index (χ3v) is 6.08. The molecule has 7 heteroatoms. The lowest BCUT2D eigenvalue weighted by molar-refractivity contribution is 0.470. The van der Waals surface area contributed by atoms with E-state index >= 15 is 0 Å². The quantitative estimate of drug-likeness (QED) is 0.474. The second-order valence-corrected chi connectivity index (χ2v) is 9.99. The first-order valence-electron chi connectivity index (χ1n) is 11.4. The Morgan fingerprint density at radius 3 is 2.61 bits per heavy atom. The number of anilines is 2. The van der Waals surface area contributed by atoms with E-state index in [1.807, 2.05) is 42.8 Å². The van der Waals surface area contributed by atoms with Crippen molar-refractivity contribution < 1.29 is 0 Å². The molecule has 2 N–H and O–H groups in total. The molecule has 1 aromatic carbocycles. The summed E-state index contributed by atoms with van der Waals surface area (Å²) < 4.78 is 3.68. The third-order valence-electron chi connectivity index (χ3n) is 6.08. The van der Waals surface area contributed by atoms with Gasteiger partial charge in [-0.2, -0.15) is 0 Å². The van der Waals surface area contributed by atoms with Crippen LogP contribution in [0.2, 0.25) is 0 Å². The van der Waals surface area contributed by atoms with Crippen molar-refractivity contribution in [2.75, 3.05) is 5.32 Å². The Bertz CT molecular complexity index is 1410. The van der Waals surface area contributed by atoms with Crippen molar-refractivity contribution in [2.24, 2.45) is 0 Å². The monoisotopic (exact) mass is 442 g/mol. The highest BCUT2D eigenvalue weighted by molar-refractivity contribution is 5.82. The van der Waals surface area contributed by atoms with Crippen LogP contribution in [0.25, 0.3) is 16.7 Å². The number of nitrogens with one attached hydrogen (secondary N) is 2. The van der Waals surface area contributed by atoms with Gasteiger partial charge in [0.25, 0.3) is 5.56 Å². The predicted octanol–water partition coefficient (Wildman–Crippen LogP) is 4.81. The summed E-state index contributed by atoms with van der Waals surface area (Å²) in [4.78, 5) is 22.8. The molecule has 3 aromatic heterocycles. The fourth-order valence-corrected chi connectivity index (χ4v) is 4.36. The highest BCUT2D eigenvalue weighted by Gasteiger charge is 2.21. The zero-order valence-electron chi connectivity index (χ0n) is 19.8. The van der Waals surface area contributed by atoms with E-state index in [0.717, 1.165) is 35.8 Å². The Hall–Kier alpha value is -3.45. The van der Waals surface area contributed by atoms with Crippen LogP contribution >= 0.6 is 0 Å². The van der Waals surface area contributed by atoms with E-state index in [1.54, 1.807) is 10.9 Å². The first kappa shape index (κ1) is 21.4. The van der Waals surface area contributed by atoms with Gasteiger partial charge in [0, 0.05) is 48.2 Å². The zero-order chi connectivity index (χ0) is 23.3. The lowest BCUT2D eigenvalue weighted by Gasteiger charge is -2.20. The van der Waals surface area contributed by atoms with Gasteiger partial charge < -0.3 is 10.6 Å². The van der Waals surface area contributed by atoms with Gasteiger partial charge in [-0.25, -0.2) is 19.3 Å². The molecule has 4 aromatic rings. The van der Waals surface area contributed by atoms with Gasteiger partial charge in [-0.3, -0.25) is 4.79 Å². The molecular weight excluding hydrogens is 412 g/mol. The van der Waals surface area contributed by atoms with E-state index in [2.05, 4.69) is 54.6 Å². The van der Waals surface area contributed by atoms with E-state index in [1.165, 1.54) is 11.1 Å². The van der Waals surface area contributed by atoms with Crippen LogP contribution in [0, 0.1) is 0 Å². The molecule has 1 aliphatic rings. The molecule has 0 unspecified atom stereocenters. The molecule has 0 fully saturated rings. The summed E-state index contributed by atoms with van der Waals surface area (Å²) in [6, 6.07) is 14.3. The minimum atomic E-state index is -0.0986. The summed E-state index contributed by atoms with van der Waals surface area (Å²) in [6.45, 7) is 12.2. The van der Waals surface area contributed by atoms with Crippen LogP contribution < -0.4 is 16.2 Å². The summed E-state index contributed by atoms with van der Waals surface area (Å²) in [5, 5.41) is 7.37. The van der Waals surface area contributed by atoms with E-state index in [9.17, 15) is 4.79 Å². The van der Waals surface area contributed by atoms with Gasteiger partial charge in [0.05, 0.1) is 10.9 Å². The van der Waals surface area contributed by atoms with Crippen molar-refractivity contribution in [3.05, 3.63) is 75.8 Å². The van der Waals surface area contributed by atoms with Gasteiger partial charge >= 0.3 is 0 Å². The maximum Gasteiger partial charge on any atom is 0.276 e. The number of benzene rings is 1. The van der Waals surface area contributed by atoms with Crippen LogP contribution in [0.3, 0.4) is 0 Å². The Morgan fingerprint density at radius 2 is 1.85 bits per heavy atom. The van der Waals surface area contributed by atoms with Crippen LogP contribution in [0.15, 0.2) is 53.5 Å². The first-order chi connectivity index (χ1) is 15.7. The number of rotatable bonds is 4. The zero-order valence-corrected chi connectivity index (χ0v) is 19.8. The minimum Gasteiger partial charge on any atom is -0.340 e. The largest absolute Gasteiger partial charge is 0.340 e. The molecule has 0 atom stereocenters. The van der Waals surface area contributed by atoms with Gasteiger partial charge in [0.15, 0.2) is 5.82 Å². The smallest absolute Gasteiger partial charge is 0.276 e. The van der Waals surface area contributed by atoms with Crippen molar-refractivity contribution >= 4 is 22.4 Å². The number of hydrogen-bond donors (Lipinski definition) is 2. The molecule has 1 aliphatic heterocycles. The molecule has 33 heavy (non-hydrogen) atoms. The average Bonchev–Trinajstić information content (AvgIpc) is 3.35. The number of aromatic nitrogens is 4. The maximum atomic E-state index is 13.3. The van der Waals surface area contributed by atoms with Gasteiger partial charge in [0.2, 0.25) is 0 Å². The van der Waals surface area contributed by atoms with Crippen molar-refractivity contribution in [3.63, 3.8) is 0 Å². The average molecular weight is 443 g/mol. The van der Waals surface area contributed by atoms with Crippen LogP contribution in [0.5, 0.6) is 0 Å². The summed E-state index contributed by atoms with van der Waals surface area (Å²) in [5.74, 6) is 1.42. The Morgan fingerprint density at radius 1 is 1.06 bits per heavy atom. The Labute approximate surface area is 193 Å². The molecule has 0 saturated carbocycles. The van der Waals surface area contributed by atoms with Gasteiger partial charge in [-0.1, -0.05) is 32.9 Å². The fraction of sp³-hybridized carbons (Fsp3) is 0.346. The molecule has 0 saturated heterocycles. The predicted molar refractivity (Wildman–Crippen MR) is 132 cm³/mol. The second kappa shape index (κ2) is 7.85. The molecule has 0 amide bonds. The summed E-state index contributed by atoms with van der Waals surface area (Å²) in [6.07, 6.45) is 1.66. The molecule has 5 rings (SSSR count). The van der Waals surface area contributed by atoms with E-state index in [0.29, 0.717) is 11.2 Å². The SMILES string of the molecule is CC(C)n1c(=O)c2cnc(Nc3ccc4c(c3)CNC4)cc2n1-c1cccc(C(C)(C)C)n1. The van der Waals surface area contributed by atoms with E-state index in [-0.39, 0.29) is 17.0 Å². The van der Waals surface area contributed by atoms with Gasteiger partial charge in [-0.15, -0.1) is 0 Å². The third kappa shape index (κ3) is 3.82. The second-order valence-electron chi connectivity index (χ2n) is 9.99. The Balaban J connectivity index is 1.65. The fourth-order valence-electron chi connectivity index (χ4n) is 4.36. The molecular formula is C26H30N6O. The molecule has 4 heterocycles. The van der Waals surface area contributed by atoms with Gasteiger partial charge in [-0.05, 0) is 49.2 Å². The lowest BCUT2D eigenvalue weighted by Crippen LogP contribution is -2.25. The van der Waals surface area contributed by atoms with E-state index < -0.39 is 0 Å². The summed E-state index contributed by atoms with van der Waals surface area (Å²) in [5.41, 5.74) is 5.21. The van der Waals surface area contributed by atoms with Crippen LogP contribution in [0.1, 0.15) is 57.5 Å². The van der Waals surface area contributed by atoms with E-state index in [4.69, 9.17) is 4.98 Å². The standard InChI is InChI=1S/C26H30N6O/c1-16(2)31-25(33)20-15-28-23(29-19-10-9-17-13-27-14-18(17)11-19)12-21(20)32(31)24-8-6-7-22(30-24)26(3,4)5/h6-12,15-16,27H,13-14H2,1-5H3,(H,28,29). The number of pyridine rings is 2. The molecule has 0 bridgehead atoms. The van der Waals surface area contributed by atoms with Crippen molar-refractivity contribution in [3.8, 4) is 5.82 Å². The number of hydrogen-bond acceptors (Lipinski definition) is 5. The van der Waals surface area contributed by atoms with Crippen molar-refractivity contribution in [2.45, 2.75) is 59.2 Å². The normalized spacial score (nSPS) is 13.6. The topological polar surface area (TPSA) is 76.8 Å². The molecule has 0 aliphatic carbocycles. The van der Waals surface area contributed by atoms with Crippen molar-refractivity contribution in [1.29, 1.82) is 0 Å². The lowest BCUT2D eigenvalue weighted by atomic mass is 9.92. The van der Waals surface area contributed by atoms with Gasteiger partial charge in [0.1, 0.15) is 5.82 Å². The van der Waals surface area contributed by atoms with Crippen molar-refractivity contribution in [1.82, 2.24) is 24.6 Å². The molecule has 0 radical (unpaired) electrons. The minimum absolute atomic E-state index is 0.0365. The van der Waals surface area contributed by atoms with Crippen LogP contribution in [0.4, 0.5) is 11.5 Å². The summed E-state index contributed by atoms with van der Waals surface area (Å²) in [7, 11) is 0. The summed E-state index contributed by atoms with van der Waals surface area (Å²) >= 11 is 0. The maximum absolute atomic E-state index is 13.3. The molecule has 7 nitrogen and oxygen atoms in total. The molecule has 170 valence electrons.